The molecule has 0 atom stereocenters. The topological polar surface area (TPSA) is 125 Å². The SMILES string of the molecule is FC(F)(F)C(F)(F)C(F)(F)C(F)(F)COc1nc(OCC(F)(F)C(F)(F)C(F)(F)C(F)(F)COc2nc(OCC(F)(F)C(F)(F)C(F)(F)C(F)(F)F)c(OCC(F)(F)C(F)(F)C(F)(F)C(F)(F)F)c(OCC(F)(F)C(F)(F)C(F)(F)C(F)(F)F)n2)nc(OCC(F)(F)C(F)(F)C(F)(F)C(F)(F)F)c1OCC(F)(F)C(F)(F)C(F)(F)C(F)(F)F. The first kappa shape index (κ1) is 106. The number of hydrogen-bond donors (Lipinski definition) is 0. The zero-order valence-electron chi connectivity index (χ0n) is 52.1. The standard InChI is InChI=1S/C44H16F62N4O8/c45-17(46,27(65,66)33(77,78)39(89,90)91)1-111-9-11(113-3-19(49,50)29(69,70)35(81,82)41(95,96)97)107-15(108-12(9)114-4-20(51,52)30(71,72)36(83,84)42(98,99)100)117-7-23(57,58)25(61,62)26(63,64)24(59,60)8-118-16-109-13(115-5-21(53,54)31(73,74)37(85,86)43(101,102)103)10(112-2-18(47,48)28(67,68)34(79,80)40(92,93)94)14(110-16)116-6-22(55,56)32(75,76)38(87,88)44(104,105)106/h1-8H2. The predicted octanol–water partition coefficient (Wildman–Crippen LogP) is 20.3. The van der Waals surface area contributed by atoms with Gasteiger partial charge in [-0.25, -0.2) is 0 Å². The smallest absolute Gasteiger partial charge is 0.460 e. The van der Waals surface area contributed by atoms with Crippen LogP contribution in [0.25, 0.3) is 0 Å². The summed E-state index contributed by atoms with van der Waals surface area (Å²) < 4.78 is 887. The summed E-state index contributed by atoms with van der Waals surface area (Å²) in [6.07, 6.45) is -48.6. The van der Waals surface area contributed by atoms with Gasteiger partial charge in [-0.15, -0.1) is 0 Å². The van der Waals surface area contributed by atoms with Gasteiger partial charge < -0.3 is 37.9 Å². The molecule has 74 heteroatoms. The van der Waals surface area contributed by atoms with Crippen LogP contribution < -0.4 is 37.9 Å². The third kappa shape index (κ3) is 18.2. The van der Waals surface area contributed by atoms with Crippen molar-refractivity contribution in [2.75, 3.05) is 52.9 Å². The van der Waals surface area contributed by atoms with E-state index in [1.54, 1.807) is 19.9 Å². The molecule has 12 nitrogen and oxygen atoms in total. The lowest BCUT2D eigenvalue weighted by molar-refractivity contribution is -0.398. The number of halogens is 62. The van der Waals surface area contributed by atoms with E-state index in [9.17, 15) is 237 Å². The highest BCUT2D eigenvalue weighted by molar-refractivity contribution is 5.45. The first-order valence-corrected chi connectivity index (χ1v) is 26.5. The van der Waals surface area contributed by atoms with E-state index in [0.29, 0.717) is 0 Å². The maximum absolute atomic E-state index is 15.3. The van der Waals surface area contributed by atoms with E-state index in [1.807, 2.05) is 0 Å². The number of rotatable bonds is 39. The molecule has 0 bridgehead atoms. The van der Waals surface area contributed by atoms with Crippen molar-refractivity contribution in [3.05, 3.63) is 0 Å². The molecule has 0 spiro atoms. The number of ether oxygens (including phenoxy) is 8. The van der Waals surface area contributed by atoms with Gasteiger partial charge in [0.25, 0.3) is 23.5 Å². The Kier molecular flexibility index (Phi) is 27.6. The first-order chi connectivity index (χ1) is 50.9. The largest absolute Gasteiger partial charge is 0.477 e. The van der Waals surface area contributed by atoms with Gasteiger partial charge in [-0.2, -0.15) is 292 Å². The highest BCUT2D eigenvalue weighted by Gasteiger charge is 2.88. The van der Waals surface area contributed by atoms with Gasteiger partial charge in [0.2, 0.25) is 11.5 Å². The first-order valence-electron chi connectivity index (χ1n) is 26.5. The Hall–Kier alpha value is -7.78. The summed E-state index contributed by atoms with van der Waals surface area (Å²) in [6.45, 7) is -37.1. The zero-order valence-corrected chi connectivity index (χ0v) is 52.1. The summed E-state index contributed by atoms with van der Waals surface area (Å²) in [6, 6.07) is -7.44. The lowest BCUT2D eigenvalue weighted by Gasteiger charge is -2.36. The molecule has 0 saturated heterocycles. The van der Waals surface area contributed by atoms with Crippen LogP contribution in [0.5, 0.6) is 47.0 Å². The monoisotopic (exact) mass is 1910 g/mol. The van der Waals surface area contributed by atoms with E-state index < -0.39 is 267 Å². The molecule has 2 aromatic heterocycles. The lowest BCUT2D eigenvalue weighted by atomic mass is 9.99. The molecule has 0 fully saturated rings. The molecule has 0 N–H and O–H groups in total. The highest BCUT2D eigenvalue weighted by Crippen LogP contribution is 2.62. The van der Waals surface area contributed by atoms with Crippen molar-refractivity contribution in [2.45, 2.75) is 167 Å². The summed E-state index contributed by atoms with van der Waals surface area (Å²) in [4.78, 5) is 6.59. The molecule has 0 amide bonds. The minimum atomic E-state index is -8.74. The molecule has 0 aliphatic carbocycles. The molecule has 2 rings (SSSR count). The zero-order chi connectivity index (χ0) is 94.8. The second-order valence-electron chi connectivity index (χ2n) is 21.9. The number of nitrogens with zero attached hydrogens (tertiary/aromatic N) is 4. The molecule has 0 radical (unpaired) electrons. The van der Waals surface area contributed by atoms with E-state index in [-0.39, 0.29) is 0 Å². The van der Waals surface area contributed by atoms with Crippen LogP contribution in [0.3, 0.4) is 0 Å². The Morgan fingerprint density at radius 3 is 0.356 bits per heavy atom. The summed E-state index contributed by atoms with van der Waals surface area (Å²) in [5.74, 6) is -204. The fourth-order valence-corrected chi connectivity index (χ4v) is 6.45. The van der Waals surface area contributed by atoms with Gasteiger partial charge in [-0.1, -0.05) is 0 Å². The van der Waals surface area contributed by atoms with Gasteiger partial charge in [-0.3, -0.25) is 0 Å². The third-order valence-corrected chi connectivity index (χ3v) is 13.3. The van der Waals surface area contributed by atoms with E-state index >= 15 is 35.1 Å². The Labute approximate surface area is 598 Å². The summed E-state index contributed by atoms with van der Waals surface area (Å²) in [7, 11) is 0. The molecule has 0 unspecified atom stereocenters. The molecule has 694 valence electrons. The molecule has 0 aliphatic heterocycles. The van der Waals surface area contributed by atoms with Crippen molar-refractivity contribution in [1.82, 2.24) is 19.9 Å². The van der Waals surface area contributed by atoms with Gasteiger partial charge >= 0.3 is 179 Å². The minimum Gasteiger partial charge on any atom is -0.477 e. The second kappa shape index (κ2) is 30.7. The number of alkyl halides is 62. The molecule has 118 heavy (non-hydrogen) atoms. The van der Waals surface area contributed by atoms with Crippen molar-refractivity contribution in [3.8, 4) is 47.0 Å². The summed E-state index contributed by atoms with van der Waals surface area (Å²) in [5, 5.41) is 0. The van der Waals surface area contributed by atoms with Crippen molar-refractivity contribution < 1.29 is 310 Å². The van der Waals surface area contributed by atoms with Crippen molar-refractivity contribution in [1.29, 1.82) is 0 Å². The van der Waals surface area contributed by atoms with Gasteiger partial charge in [0, 0.05) is 0 Å². The summed E-state index contributed by atoms with van der Waals surface area (Å²) >= 11 is 0. The number of aromatic nitrogens is 4. The van der Waals surface area contributed by atoms with Crippen LogP contribution >= 0.6 is 0 Å². The second-order valence-corrected chi connectivity index (χ2v) is 21.9. The average molecular weight is 1910 g/mol. The van der Waals surface area contributed by atoms with E-state index in [2.05, 4.69) is 37.9 Å². The Bertz CT molecular complexity index is 3380. The fraction of sp³-hybridized carbons (Fsp3) is 0.818. The Balaban J connectivity index is 3.29. The maximum atomic E-state index is 15.3. The fourth-order valence-electron chi connectivity index (χ4n) is 6.45. The van der Waals surface area contributed by atoms with Crippen LogP contribution in [0.4, 0.5) is 272 Å². The third-order valence-electron chi connectivity index (χ3n) is 13.3. The van der Waals surface area contributed by atoms with Crippen LogP contribution in [0.1, 0.15) is 0 Å². The average Bonchev–Trinajstić information content (AvgIpc) is 0.760. The van der Waals surface area contributed by atoms with Crippen LogP contribution in [0.2, 0.25) is 0 Å². The van der Waals surface area contributed by atoms with Gasteiger partial charge in [0.15, 0.2) is 52.9 Å². The number of hydrogen-bond acceptors (Lipinski definition) is 12. The molecular weight excluding hydrogens is 1890 g/mol. The molecule has 2 aromatic rings. The Morgan fingerprint density at radius 2 is 0.237 bits per heavy atom. The molecule has 0 aliphatic rings. The van der Waals surface area contributed by atoms with E-state index in [1.165, 1.54) is 0 Å². The Morgan fingerprint density at radius 1 is 0.136 bits per heavy atom. The molecular formula is C44H16F62N4O8. The molecule has 0 saturated carbocycles. The van der Waals surface area contributed by atoms with Crippen LogP contribution in [0, 0.1) is 0 Å². The van der Waals surface area contributed by atoms with E-state index in [4.69, 9.17) is 0 Å². The molecule has 0 aromatic carbocycles. The summed E-state index contributed by atoms with van der Waals surface area (Å²) in [5.41, 5.74) is 0. The van der Waals surface area contributed by atoms with Crippen molar-refractivity contribution >= 4 is 0 Å². The van der Waals surface area contributed by atoms with Crippen LogP contribution in [0.15, 0.2) is 0 Å². The van der Waals surface area contributed by atoms with Crippen LogP contribution in [-0.2, 0) is 0 Å². The molecule has 2 heterocycles. The van der Waals surface area contributed by atoms with Crippen molar-refractivity contribution in [3.63, 3.8) is 0 Å². The lowest BCUT2D eigenvalue weighted by Crippen LogP contribution is -2.65. The minimum absolute atomic E-state index is 1.65. The van der Waals surface area contributed by atoms with Crippen molar-refractivity contribution in [2.24, 2.45) is 0 Å². The van der Waals surface area contributed by atoms with Gasteiger partial charge in [0.1, 0.15) is 0 Å². The van der Waals surface area contributed by atoms with Crippen LogP contribution in [-0.4, -0.2) is 240 Å². The maximum Gasteiger partial charge on any atom is 0.460 e. The quantitative estimate of drug-likeness (QED) is 0.0592. The van der Waals surface area contributed by atoms with E-state index in [0.717, 1.165) is 0 Å². The predicted molar refractivity (Wildman–Crippen MR) is 233 cm³/mol. The normalized spacial score (nSPS) is 15.8. The van der Waals surface area contributed by atoms with Gasteiger partial charge in [-0.05, 0) is 0 Å². The highest BCUT2D eigenvalue weighted by atomic mass is 19.5. The van der Waals surface area contributed by atoms with Gasteiger partial charge in [0.05, 0.1) is 0 Å².